The Balaban J connectivity index is 1.30. The van der Waals surface area contributed by atoms with Gasteiger partial charge in [0.1, 0.15) is 12.2 Å². The van der Waals surface area contributed by atoms with Gasteiger partial charge in [-0.05, 0) is 71.5 Å². The standard InChI is InChI=1S/C28H24O4/c29-27(23-15-13-19-7-1-3-9-21(19)17-23)31-25-11-5-6-12-26(25)32-28(30)24-16-14-20-8-2-4-10-22(20)18-24/h1-4,7-10,13-18,25-26H,5-6,11-12H2/t25-,26-/m1/s1. The van der Waals surface area contributed by atoms with Gasteiger partial charge in [0.25, 0.3) is 0 Å². The minimum Gasteiger partial charge on any atom is -0.455 e. The van der Waals surface area contributed by atoms with E-state index in [2.05, 4.69) is 0 Å². The van der Waals surface area contributed by atoms with Crippen LogP contribution in [0.1, 0.15) is 46.4 Å². The van der Waals surface area contributed by atoms with Gasteiger partial charge in [0.05, 0.1) is 11.1 Å². The molecular formula is C28H24O4. The summed E-state index contributed by atoms with van der Waals surface area (Å²) in [4.78, 5) is 25.7. The van der Waals surface area contributed by atoms with Gasteiger partial charge in [0, 0.05) is 0 Å². The number of carbonyl (C=O) groups is 2. The van der Waals surface area contributed by atoms with Crippen LogP contribution in [0.2, 0.25) is 0 Å². The molecule has 1 aliphatic rings. The monoisotopic (exact) mass is 424 g/mol. The number of esters is 2. The number of carbonyl (C=O) groups excluding carboxylic acids is 2. The first-order valence-electron chi connectivity index (χ1n) is 11.1. The van der Waals surface area contributed by atoms with Crippen molar-refractivity contribution in [1.29, 1.82) is 0 Å². The summed E-state index contributed by atoms with van der Waals surface area (Å²) in [5, 5.41) is 4.13. The molecule has 4 heteroatoms. The van der Waals surface area contributed by atoms with Crippen LogP contribution in [0.15, 0.2) is 84.9 Å². The summed E-state index contributed by atoms with van der Waals surface area (Å²) in [6, 6.07) is 26.9. The Kier molecular flexibility index (Phi) is 5.59. The Morgan fingerprint density at radius 1 is 0.562 bits per heavy atom. The molecule has 1 saturated carbocycles. The zero-order valence-corrected chi connectivity index (χ0v) is 17.7. The summed E-state index contributed by atoms with van der Waals surface area (Å²) in [5.41, 5.74) is 1.02. The van der Waals surface area contributed by atoms with E-state index in [4.69, 9.17) is 9.47 Å². The Morgan fingerprint density at radius 2 is 0.969 bits per heavy atom. The van der Waals surface area contributed by atoms with Gasteiger partial charge < -0.3 is 9.47 Å². The lowest BCUT2D eigenvalue weighted by Gasteiger charge is -2.30. The molecule has 0 saturated heterocycles. The number of rotatable bonds is 4. The number of hydrogen-bond donors (Lipinski definition) is 0. The highest BCUT2D eigenvalue weighted by molar-refractivity contribution is 5.96. The minimum atomic E-state index is -0.438. The Morgan fingerprint density at radius 3 is 1.41 bits per heavy atom. The average molecular weight is 424 g/mol. The van der Waals surface area contributed by atoms with Gasteiger partial charge in [-0.3, -0.25) is 0 Å². The third-order valence-corrected chi connectivity index (χ3v) is 6.13. The van der Waals surface area contributed by atoms with E-state index >= 15 is 0 Å². The van der Waals surface area contributed by atoms with E-state index < -0.39 is 12.2 Å². The molecule has 2 atom stereocenters. The van der Waals surface area contributed by atoms with E-state index in [1.54, 1.807) is 12.1 Å². The van der Waals surface area contributed by atoms with Crippen molar-refractivity contribution < 1.29 is 19.1 Å². The molecule has 0 heterocycles. The highest BCUT2D eigenvalue weighted by Gasteiger charge is 2.32. The molecule has 0 aromatic heterocycles. The van der Waals surface area contributed by atoms with E-state index in [0.29, 0.717) is 24.0 Å². The van der Waals surface area contributed by atoms with E-state index in [1.807, 2.05) is 72.8 Å². The predicted octanol–water partition coefficient (Wildman–Crippen LogP) is 6.32. The van der Waals surface area contributed by atoms with Crippen molar-refractivity contribution in [1.82, 2.24) is 0 Å². The average Bonchev–Trinajstić information content (AvgIpc) is 2.84. The van der Waals surface area contributed by atoms with Crippen molar-refractivity contribution in [2.45, 2.75) is 37.9 Å². The molecule has 0 amide bonds. The molecule has 5 rings (SSSR count). The van der Waals surface area contributed by atoms with Crippen molar-refractivity contribution in [3.8, 4) is 0 Å². The smallest absolute Gasteiger partial charge is 0.338 e. The lowest BCUT2D eigenvalue weighted by Crippen LogP contribution is -2.37. The Bertz CT molecular complexity index is 1190. The number of hydrogen-bond acceptors (Lipinski definition) is 4. The first-order chi connectivity index (χ1) is 15.7. The zero-order valence-electron chi connectivity index (χ0n) is 17.7. The van der Waals surface area contributed by atoms with Crippen LogP contribution >= 0.6 is 0 Å². The topological polar surface area (TPSA) is 52.6 Å². The van der Waals surface area contributed by atoms with Crippen LogP contribution in [0.5, 0.6) is 0 Å². The van der Waals surface area contributed by atoms with Crippen molar-refractivity contribution in [2.75, 3.05) is 0 Å². The molecule has 1 aliphatic carbocycles. The highest BCUT2D eigenvalue weighted by Crippen LogP contribution is 2.27. The quantitative estimate of drug-likeness (QED) is 0.360. The number of fused-ring (bicyclic) bond motifs is 2. The Hall–Kier alpha value is -3.66. The summed E-state index contributed by atoms with van der Waals surface area (Å²) in [5.74, 6) is -0.760. The maximum Gasteiger partial charge on any atom is 0.338 e. The second-order valence-electron chi connectivity index (χ2n) is 8.30. The SMILES string of the molecule is O=C(O[C@@H]1CCCC[C@H]1OC(=O)c1ccc2ccccc2c1)c1ccc2ccccc2c1. The third kappa shape index (κ3) is 4.22. The highest BCUT2D eigenvalue weighted by atomic mass is 16.6. The van der Waals surface area contributed by atoms with Gasteiger partial charge in [0.2, 0.25) is 0 Å². The fourth-order valence-electron chi connectivity index (χ4n) is 4.38. The molecule has 32 heavy (non-hydrogen) atoms. The van der Waals surface area contributed by atoms with Crippen molar-refractivity contribution in [3.63, 3.8) is 0 Å². The van der Waals surface area contributed by atoms with Gasteiger partial charge in [-0.15, -0.1) is 0 Å². The fraction of sp³-hybridized carbons (Fsp3) is 0.214. The summed E-state index contributed by atoms with van der Waals surface area (Å²) >= 11 is 0. The van der Waals surface area contributed by atoms with Crippen LogP contribution in [0.3, 0.4) is 0 Å². The lowest BCUT2D eigenvalue weighted by molar-refractivity contribution is -0.0514. The van der Waals surface area contributed by atoms with Crippen LogP contribution in [0.25, 0.3) is 21.5 Å². The fourth-order valence-corrected chi connectivity index (χ4v) is 4.38. The van der Waals surface area contributed by atoms with Gasteiger partial charge in [-0.1, -0.05) is 60.7 Å². The van der Waals surface area contributed by atoms with Gasteiger partial charge in [-0.25, -0.2) is 9.59 Å². The Labute approximate surface area is 186 Å². The van der Waals surface area contributed by atoms with Crippen LogP contribution in [-0.2, 0) is 9.47 Å². The van der Waals surface area contributed by atoms with Crippen LogP contribution in [0.4, 0.5) is 0 Å². The first kappa shape index (κ1) is 20.3. The van der Waals surface area contributed by atoms with Gasteiger partial charge >= 0.3 is 11.9 Å². The second-order valence-corrected chi connectivity index (χ2v) is 8.30. The zero-order chi connectivity index (χ0) is 21.9. The van der Waals surface area contributed by atoms with Crippen LogP contribution < -0.4 is 0 Å². The van der Waals surface area contributed by atoms with E-state index in [0.717, 1.165) is 34.4 Å². The molecule has 160 valence electrons. The van der Waals surface area contributed by atoms with Gasteiger partial charge in [0.15, 0.2) is 0 Å². The van der Waals surface area contributed by atoms with Crippen molar-refractivity contribution >= 4 is 33.5 Å². The second kappa shape index (κ2) is 8.83. The molecule has 0 bridgehead atoms. The molecule has 0 unspecified atom stereocenters. The molecule has 4 aromatic rings. The normalized spacial score (nSPS) is 18.4. The van der Waals surface area contributed by atoms with E-state index in [9.17, 15) is 9.59 Å². The molecule has 0 radical (unpaired) electrons. The molecular weight excluding hydrogens is 400 g/mol. The van der Waals surface area contributed by atoms with Crippen LogP contribution in [0, 0.1) is 0 Å². The number of ether oxygens (including phenoxy) is 2. The summed E-state index contributed by atoms with van der Waals surface area (Å²) < 4.78 is 11.7. The van der Waals surface area contributed by atoms with E-state index in [-0.39, 0.29) is 11.9 Å². The molecule has 1 fully saturated rings. The van der Waals surface area contributed by atoms with Gasteiger partial charge in [-0.2, -0.15) is 0 Å². The minimum absolute atomic E-state index is 0.380. The summed E-state index contributed by atoms with van der Waals surface area (Å²) in [6.45, 7) is 0. The molecule has 0 spiro atoms. The van der Waals surface area contributed by atoms with Crippen LogP contribution in [-0.4, -0.2) is 24.1 Å². The molecule has 0 N–H and O–H groups in total. The van der Waals surface area contributed by atoms with Crippen molar-refractivity contribution in [3.05, 3.63) is 96.1 Å². The van der Waals surface area contributed by atoms with E-state index in [1.165, 1.54) is 0 Å². The largest absolute Gasteiger partial charge is 0.455 e. The maximum atomic E-state index is 12.8. The maximum absolute atomic E-state index is 12.8. The first-order valence-corrected chi connectivity index (χ1v) is 11.1. The molecule has 4 aromatic carbocycles. The lowest BCUT2D eigenvalue weighted by atomic mass is 9.94. The summed E-state index contributed by atoms with van der Waals surface area (Å²) in [7, 11) is 0. The predicted molar refractivity (Wildman–Crippen MR) is 125 cm³/mol. The molecule has 0 aliphatic heterocycles. The number of benzene rings is 4. The van der Waals surface area contributed by atoms with Crippen molar-refractivity contribution in [2.24, 2.45) is 0 Å². The summed E-state index contributed by atoms with van der Waals surface area (Å²) in [6.07, 6.45) is 2.39. The molecule has 4 nitrogen and oxygen atoms in total. The third-order valence-electron chi connectivity index (χ3n) is 6.13.